The van der Waals surface area contributed by atoms with E-state index in [0.29, 0.717) is 52.0 Å². The normalized spacial score (nSPS) is 15.7. The van der Waals surface area contributed by atoms with Gasteiger partial charge in [-0.2, -0.15) is 19.3 Å². The van der Waals surface area contributed by atoms with Crippen LogP contribution in [0.25, 0.3) is 35.3 Å². The standard InChI is InChI=1S/C37H39ClFN7O4.C33H31ClFN7O4.C14H21N3.C12H13NO2.C10H6ClFN4O2.I2.HI/c1-37(2,3)50-36(49)25-10-8-24(9-11-25)22-32(47)35-27-6-5-7-30(44-20-18-43(4)19-21-44)26(27)16-17-45(35)33(48)15-12-28-31(46-23-40-41-42-46)14-13-29(38)34(28)39;1-39-15-17-40(18-16-39)27-4-2-3-24-23(27)13-14-41(32(24)29(43)19-21-5-7-22(8-6-21)33(45)46)30(44)12-9-25-28(42-20-36-37-38-42)11-10-26(34)31(25)35;1-16-7-9-17(10-8-16)14-4-2-3-12-11-15-6-5-13(12)14;1-12(2,3)15-11(14)10-6-4-9(8-13)5-7-10;11-7-2-3-8(16-5-13-14-15-16)6(10(7)12)1-4-9(17)18;1-2;/h5-15,23,35H,16-22H2,1-4H3;2-12,20,32H,13-19H2,1H3,(H,45,46);2-4,15H,5-11H2,1H3;4-7H,1-3H3;1-5H,(H,17,18);;1H/b15-12+;12-9+;;;4-1+;;. The third kappa shape index (κ3) is 30.3. The first-order valence-corrected chi connectivity index (χ1v) is 54.8. The molecule has 3 fully saturated rings. The fourth-order valence-corrected chi connectivity index (χ4v) is 18.2. The summed E-state index contributed by atoms with van der Waals surface area (Å²) in [7, 11) is 6.40. The van der Waals surface area contributed by atoms with Gasteiger partial charge in [0.2, 0.25) is 11.8 Å². The molecule has 3 saturated heterocycles. The van der Waals surface area contributed by atoms with E-state index in [0.717, 1.165) is 111 Å². The number of aliphatic carboxylic acids is 1. The van der Waals surface area contributed by atoms with Crippen LogP contribution in [0.15, 0.2) is 201 Å². The fraction of sp³-hybridized carbons (Fsp3) is 0.321. The van der Waals surface area contributed by atoms with Crippen LogP contribution in [0.3, 0.4) is 0 Å². The second kappa shape index (κ2) is 53.5. The van der Waals surface area contributed by atoms with Crippen molar-refractivity contribution in [2.75, 3.05) is 134 Å². The van der Waals surface area contributed by atoms with Gasteiger partial charge >= 0.3 is 23.9 Å². The Morgan fingerprint density at radius 3 is 1.12 bits per heavy atom. The Morgan fingerprint density at radius 1 is 0.443 bits per heavy atom. The molecule has 2 unspecified atom stereocenters. The van der Waals surface area contributed by atoms with E-state index in [-0.39, 0.29) is 110 Å². The summed E-state index contributed by atoms with van der Waals surface area (Å²) in [5.74, 6) is -6.61. The number of carboxylic acid groups (broad SMARTS) is 2. The zero-order valence-corrected chi connectivity index (χ0v) is 92.0. The number of carbonyl (C=O) groups is 8. The molecule has 18 rings (SSSR count). The molecule has 9 heterocycles. The Morgan fingerprint density at radius 2 is 0.785 bits per heavy atom. The molecule has 149 heavy (non-hydrogen) atoms. The molecule has 3 N–H and O–H groups in total. The minimum absolute atomic E-state index is 0. The maximum atomic E-state index is 15.3. The summed E-state index contributed by atoms with van der Waals surface area (Å²) in [5, 5.41) is 62.1. The van der Waals surface area contributed by atoms with Gasteiger partial charge < -0.3 is 64.2 Å². The summed E-state index contributed by atoms with van der Waals surface area (Å²) < 4.78 is 58.8. The summed E-state index contributed by atoms with van der Waals surface area (Å²) >= 11 is 22.1. The molecule has 43 heteroatoms. The number of nitrogens with zero attached hydrogens (tertiary/aromatic N) is 21. The number of ketones is 2. The second-order valence-corrected chi connectivity index (χ2v) is 38.7. The van der Waals surface area contributed by atoms with Crippen molar-refractivity contribution in [3.63, 3.8) is 0 Å². The van der Waals surface area contributed by atoms with E-state index in [1.165, 1.54) is 142 Å². The number of fused-ring (bicyclic) bond motifs is 3. The number of piperazine rings is 3. The molecule has 0 spiro atoms. The van der Waals surface area contributed by atoms with Crippen LogP contribution in [0.1, 0.15) is 151 Å². The number of aromatic nitrogens is 12. The number of Topliss-reactive ketones (excluding diaryl/α,β-unsaturated/α-hetero) is 2. The van der Waals surface area contributed by atoms with Crippen LogP contribution in [0.4, 0.5) is 30.2 Å². The Labute approximate surface area is 915 Å². The minimum Gasteiger partial charge on any atom is -0.478 e. The largest absolute Gasteiger partial charge is 0.478 e. The average molecular weight is 2430 g/mol. The van der Waals surface area contributed by atoms with Gasteiger partial charge in [-0.3, -0.25) is 19.2 Å². The van der Waals surface area contributed by atoms with Crippen molar-refractivity contribution in [1.29, 1.82) is 5.26 Å². The van der Waals surface area contributed by atoms with Gasteiger partial charge in [0.15, 0.2) is 29.0 Å². The van der Waals surface area contributed by atoms with Crippen molar-refractivity contribution in [1.82, 2.24) is 90.4 Å². The molecule has 780 valence electrons. The molecule has 3 aromatic heterocycles. The Kier molecular flexibility index (Phi) is 41.3. The number of ether oxygens (including phenoxy) is 2. The van der Waals surface area contributed by atoms with Crippen molar-refractivity contribution in [2.24, 2.45) is 0 Å². The van der Waals surface area contributed by atoms with Gasteiger partial charge in [-0.25, -0.2) is 32.3 Å². The van der Waals surface area contributed by atoms with Crippen molar-refractivity contribution in [2.45, 2.75) is 103 Å². The third-order valence-corrected chi connectivity index (χ3v) is 26.0. The molecular formula is C106H111Cl3F3I3N22O12. The Balaban J connectivity index is 0.000000179. The van der Waals surface area contributed by atoms with Crippen LogP contribution in [-0.4, -0.2) is 273 Å². The highest BCUT2D eigenvalue weighted by atomic mass is 128. The Hall–Kier alpha value is -12.9. The molecule has 34 nitrogen and oxygen atoms in total. The quantitative estimate of drug-likeness (QED) is 0.0342. The molecule has 0 aliphatic carbocycles. The van der Waals surface area contributed by atoms with Crippen LogP contribution in [0.2, 0.25) is 15.1 Å². The number of esters is 2. The van der Waals surface area contributed by atoms with Crippen LogP contribution >= 0.6 is 96.0 Å². The van der Waals surface area contributed by atoms with E-state index in [2.05, 4.69) is 170 Å². The predicted octanol–water partition coefficient (Wildman–Crippen LogP) is 16.5. The molecule has 9 aromatic carbocycles. The third-order valence-electron chi connectivity index (χ3n) is 25.1. The molecule has 0 radical (unpaired) electrons. The van der Waals surface area contributed by atoms with Crippen LogP contribution in [0.5, 0.6) is 0 Å². The van der Waals surface area contributed by atoms with Crippen molar-refractivity contribution >= 4 is 179 Å². The van der Waals surface area contributed by atoms with Crippen LogP contribution in [-0.2, 0) is 72.1 Å². The number of nitrogens with one attached hydrogen (secondary N) is 1. The number of nitriles is 1. The molecule has 0 saturated carbocycles. The number of anilines is 3. The van der Waals surface area contributed by atoms with Crippen molar-refractivity contribution in [3.05, 3.63) is 317 Å². The van der Waals surface area contributed by atoms with Gasteiger partial charge in [0, 0.05) is 200 Å². The summed E-state index contributed by atoms with van der Waals surface area (Å²) in [5.41, 5.74) is 12.9. The monoisotopic (exact) mass is 2430 g/mol. The van der Waals surface area contributed by atoms with Gasteiger partial charge in [0.05, 0.1) is 60.5 Å². The molecule has 12 aromatic rings. The number of hydrogen-bond acceptors (Lipinski definition) is 27. The minimum atomic E-state index is -1.20. The zero-order valence-electron chi connectivity index (χ0n) is 83.1. The highest BCUT2D eigenvalue weighted by Crippen LogP contribution is 2.42. The van der Waals surface area contributed by atoms with Gasteiger partial charge in [0.1, 0.15) is 42.3 Å². The Bertz CT molecular complexity index is 6860. The number of hydrogen-bond donors (Lipinski definition) is 3. The highest BCUT2D eigenvalue weighted by molar-refractivity contribution is 15.0. The number of likely N-dealkylation sites (N-methyl/N-ethyl adjacent to an activating group) is 3. The lowest BCUT2D eigenvalue weighted by atomic mass is 9.86. The maximum absolute atomic E-state index is 15.3. The number of aromatic carboxylic acids is 1. The summed E-state index contributed by atoms with van der Waals surface area (Å²) in [4.78, 5) is 120. The zero-order chi connectivity index (χ0) is 106. The smallest absolute Gasteiger partial charge is 0.338 e. The summed E-state index contributed by atoms with van der Waals surface area (Å²) in [6.07, 6.45) is 13.2. The summed E-state index contributed by atoms with van der Waals surface area (Å²) in [6, 6.07) is 46.7. The number of carboxylic acids is 2. The first kappa shape index (κ1) is 115. The van der Waals surface area contributed by atoms with E-state index in [9.17, 15) is 47.9 Å². The van der Waals surface area contributed by atoms with E-state index in [4.69, 9.17) is 54.6 Å². The SMILES string of the molecule is CC(C)(C)OC(=O)c1ccc(C#N)cc1.CN1CCN(c2cccc3c2CCN(C(=O)/C=C/c2c(-n4cnnn4)ccc(Cl)c2F)C3C(=O)Cc2ccc(C(=O)O)cc2)CC1.CN1CCN(c2cccc3c2CCN(C(=O)/C=C/c2c(-n4cnnn4)ccc(Cl)c2F)C3C(=O)Cc2ccc(C(=O)OC(C)(C)C)cc2)CC1.CN1CCN(c2cccc3c2CCNC3)CC1.I.II.O=C(O)/C=C/c1c(-n2cnnn2)ccc(Cl)c1F. The number of amides is 2. The van der Waals surface area contributed by atoms with Gasteiger partial charge in [0.25, 0.3) is 0 Å². The molecule has 2 amide bonds. The fourth-order valence-electron chi connectivity index (χ4n) is 17.7. The topological polar surface area (TPSA) is 388 Å². The number of benzene rings is 9. The number of carbonyl (C=O) groups excluding carboxylic acids is 6. The number of halogens is 9. The lowest BCUT2D eigenvalue weighted by Crippen LogP contribution is -2.46. The van der Waals surface area contributed by atoms with E-state index >= 15 is 8.78 Å². The van der Waals surface area contributed by atoms with E-state index < -0.39 is 70.5 Å². The van der Waals surface area contributed by atoms with Crippen LogP contribution in [0, 0.1) is 28.8 Å². The maximum Gasteiger partial charge on any atom is 0.338 e. The highest BCUT2D eigenvalue weighted by Gasteiger charge is 2.40. The van der Waals surface area contributed by atoms with Gasteiger partial charge in [-0.15, -0.1) is 39.3 Å². The first-order chi connectivity index (χ1) is 71.0. The lowest BCUT2D eigenvalue weighted by molar-refractivity contribution is -0.136. The molecule has 6 aliphatic heterocycles. The average Bonchev–Trinajstić information content (AvgIpc) is 1.32. The lowest BCUT2D eigenvalue weighted by Gasteiger charge is -2.40. The summed E-state index contributed by atoms with van der Waals surface area (Å²) in [6.45, 7) is 25.4. The second-order valence-electron chi connectivity index (χ2n) is 37.4. The van der Waals surface area contributed by atoms with E-state index in [1.54, 1.807) is 104 Å². The van der Waals surface area contributed by atoms with E-state index in [1.807, 2.05) is 51.1 Å². The molecular weight excluding hydrogens is 2320 g/mol. The van der Waals surface area contributed by atoms with Crippen molar-refractivity contribution < 1.29 is 71.2 Å². The predicted molar refractivity (Wildman–Crippen MR) is 590 cm³/mol. The molecule has 0 bridgehead atoms. The first-order valence-electron chi connectivity index (χ1n) is 47.4. The van der Waals surface area contributed by atoms with Gasteiger partial charge in [-0.1, -0.05) is 95.5 Å². The molecule has 6 aliphatic rings. The van der Waals surface area contributed by atoms with Gasteiger partial charge in [-0.05, 0) is 286 Å². The number of rotatable bonds is 21. The van der Waals surface area contributed by atoms with Crippen LogP contribution < -0.4 is 20.0 Å². The number of tetrazole rings is 3. The molecule has 2 atom stereocenters. The van der Waals surface area contributed by atoms with Crippen molar-refractivity contribution in [3.8, 4) is 23.1 Å².